The Hall–Kier alpha value is 0.190. The quantitative estimate of drug-likeness (QED) is 0.738. The molecular formula is C13H20Br2ClNO2. The molecule has 0 fully saturated rings. The van der Waals surface area contributed by atoms with Crippen LogP contribution in [-0.4, -0.2) is 23.9 Å². The van der Waals surface area contributed by atoms with Crippen molar-refractivity contribution in [3.05, 3.63) is 26.6 Å². The number of aliphatic hydroxyl groups is 1. The molecule has 3 nitrogen and oxygen atoms in total. The van der Waals surface area contributed by atoms with Crippen LogP contribution in [0.4, 0.5) is 0 Å². The summed E-state index contributed by atoms with van der Waals surface area (Å²) < 4.78 is 7.58. The number of ether oxygens (including phenoxy) is 1. The lowest BCUT2D eigenvalue weighted by atomic mass is 10.1. The lowest BCUT2D eigenvalue weighted by Crippen LogP contribution is -2.42. The van der Waals surface area contributed by atoms with Gasteiger partial charge in [0.1, 0.15) is 5.75 Å². The molecule has 0 heterocycles. The Bertz CT molecular complexity index is 414. The van der Waals surface area contributed by atoms with Crippen molar-refractivity contribution in [2.75, 3.05) is 13.2 Å². The fourth-order valence-corrected chi connectivity index (χ4v) is 2.87. The Morgan fingerprint density at radius 3 is 2.47 bits per heavy atom. The SMILES string of the molecule is CCOc1c(Br)cc(Br)cc1CNC(C)(C)CO.Cl. The van der Waals surface area contributed by atoms with E-state index >= 15 is 0 Å². The Balaban J connectivity index is 0.00000324. The molecule has 6 heteroatoms. The van der Waals surface area contributed by atoms with Crippen LogP contribution in [0, 0.1) is 0 Å². The van der Waals surface area contributed by atoms with Crippen molar-refractivity contribution in [1.82, 2.24) is 5.32 Å². The zero-order valence-corrected chi connectivity index (χ0v) is 15.3. The molecule has 0 spiro atoms. The van der Waals surface area contributed by atoms with Gasteiger partial charge in [-0.3, -0.25) is 0 Å². The van der Waals surface area contributed by atoms with Crippen LogP contribution in [0.15, 0.2) is 21.1 Å². The average Bonchev–Trinajstić information content (AvgIpc) is 2.30. The zero-order valence-electron chi connectivity index (χ0n) is 11.3. The molecule has 0 aliphatic heterocycles. The predicted molar refractivity (Wildman–Crippen MR) is 88.3 cm³/mol. The fraction of sp³-hybridized carbons (Fsp3) is 0.538. The number of hydrogen-bond acceptors (Lipinski definition) is 3. The first-order valence-electron chi connectivity index (χ1n) is 5.86. The first kappa shape index (κ1) is 19.2. The third-order valence-electron chi connectivity index (χ3n) is 2.53. The van der Waals surface area contributed by atoms with E-state index in [-0.39, 0.29) is 24.6 Å². The molecule has 110 valence electrons. The lowest BCUT2D eigenvalue weighted by molar-refractivity contribution is 0.187. The van der Waals surface area contributed by atoms with Crippen molar-refractivity contribution >= 4 is 44.3 Å². The van der Waals surface area contributed by atoms with Crippen molar-refractivity contribution in [3.8, 4) is 5.75 Å². The van der Waals surface area contributed by atoms with Gasteiger partial charge in [-0.25, -0.2) is 0 Å². The van der Waals surface area contributed by atoms with E-state index in [0.717, 1.165) is 20.3 Å². The predicted octanol–water partition coefficient (Wildman–Crippen LogP) is 3.89. The van der Waals surface area contributed by atoms with E-state index in [2.05, 4.69) is 37.2 Å². The highest BCUT2D eigenvalue weighted by molar-refractivity contribution is 9.11. The summed E-state index contributed by atoms with van der Waals surface area (Å²) in [5.41, 5.74) is 0.748. The smallest absolute Gasteiger partial charge is 0.138 e. The zero-order chi connectivity index (χ0) is 13.8. The molecule has 0 amide bonds. The van der Waals surface area contributed by atoms with Crippen molar-refractivity contribution < 1.29 is 9.84 Å². The molecule has 0 unspecified atom stereocenters. The van der Waals surface area contributed by atoms with Crippen LogP contribution in [0.25, 0.3) is 0 Å². The molecule has 1 aromatic rings. The third kappa shape index (κ3) is 6.00. The van der Waals surface area contributed by atoms with Gasteiger partial charge in [-0.2, -0.15) is 0 Å². The fourth-order valence-electron chi connectivity index (χ4n) is 1.44. The number of halogens is 3. The van der Waals surface area contributed by atoms with Gasteiger partial charge in [-0.15, -0.1) is 12.4 Å². The number of hydrogen-bond donors (Lipinski definition) is 2. The molecule has 2 N–H and O–H groups in total. The number of benzene rings is 1. The maximum Gasteiger partial charge on any atom is 0.138 e. The molecule has 0 aromatic heterocycles. The van der Waals surface area contributed by atoms with Crippen LogP contribution >= 0.6 is 44.3 Å². The summed E-state index contributed by atoms with van der Waals surface area (Å²) in [5.74, 6) is 0.849. The molecule has 19 heavy (non-hydrogen) atoms. The average molecular weight is 418 g/mol. The van der Waals surface area contributed by atoms with Crippen molar-refractivity contribution in [2.45, 2.75) is 32.9 Å². The topological polar surface area (TPSA) is 41.5 Å². The minimum absolute atomic E-state index is 0. The maximum absolute atomic E-state index is 9.24. The summed E-state index contributed by atoms with van der Waals surface area (Å²) in [7, 11) is 0. The Morgan fingerprint density at radius 2 is 1.95 bits per heavy atom. The summed E-state index contributed by atoms with van der Waals surface area (Å²) in [6, 6.07) is 3.99. The molecule has 0 saturated heterocycles. The molecule has 0 bridgehead atoms. The standard InChI is InChI=1S/C13H19Br2NO2.ClH/c1-4-18-12-9(5-10(14)6-11(12)15)7-16-13(2,3)8-17;/h5-6,16-17H,4,7-8H2,1-3H3;1H. The van der Waals surface area contributed by atoms with Gasteiger partial charge >= 0.3 is 0 Å². The summed E-state index contributed by atoms with van der Waals surface area (Å²) in [5, 5.41) is 12.5. The molecule has 1 aromatic carbocycles. The van der Waals surface area contributed by atoms with E-state index in [0.29, 0.717) is 13.2 Å². The third-order valence-corrected chi connectivity index (χ3v) is 3.57. The van der Waals surface area contributed by atoms with Gasteiger partial charge in [0, 0.05) is 22.1 Å². The highest BCUT2D eigenvalue weighted by atomic mass is 79.9. The maximum atomic E-state index is 9.24. The highest BCUT2D eigenvalue weighted by Crippen LogP contribution is 2.33. The lowest BCUT2D eigenvalue weighted by Gasteiger charge is -2.24. The minimum atomic E-state index is -0.307. The van der Waals surface area contributed by atoms with E-state index < -0.39 is 0 Å². The molecule has 0 atom stereocenters. The van der Waals surface area contributed by atoms with Gasteiger partial charge in [-0.1, -0.05) is 15.9 Å². The Kier molecular flexibility index (Phi) is 8.56. The first-order valence-corrected chi connectivity index (χ1v) is 7.45. The van der Waals surface area contributed by atoms with Crippen LogP contribution < -0.4 is 10.1 Å². The van der Waals surface area contributed by atoms with Crippen LogP contribution in [0.2, 0.25) is 0 Å². The summed E-state index contributed by atoms with van der Waals surface area (Å²) in [6.07, 6.45) is 0. The van der Waals surface area contributed by atoms with Crippen LogP contribution in [0.3, 0.4) is 0 Å². The van der Waals surface area contributed by atoms with E-state index in [4.69, 9.17) is 4.74 Å². The van der Waals surface area contributed by atoms with E-state index in [9.17, 15) is 5.11 Å². The summed E-state index contributed by atoms with van der Waals surface area (Å²) in [4.78, 5) is 0. The van der Waals surface area contributed by atoms with Crippen LogP contribution in [-0.2, 0) is 6.54 Å². The normalized spacial score (nSPS) is 11.1. The van der Waals surface area contributed by atoms with Crippen LogP contribution in [0.5, 0.6) is 5.75 Å². The molecule has 0 saturated carbocycles. The molecular weight excluding hydrogens is 397 g/mol. The van der Waals surface area contributed by atoms with Gasteiger partial charge < -0.3 is 15.2 Å². The second-order valence-corrected chi connectivity index (χ2v) is 6.47. The van der Waals surface area contributed by atoms with Crippen LogP contribution in [0.1, 0.15) is 26.3 Å². The Morgan fingerprint density at radius 1 is 1.32 bits per heavy atom. The van der Waals surface area contributed by atoms with E-state index in [1.165, 1.54) is 0 Å². The van der Waals surface area contributed by atoms with Gasteiger partial charge in [0.25, 0.3) is 0 Å². The minimum Gasteiger partial charge on any atom is -0.492 e. The second-order valence-electron chi connectivity index (χ2n) is 4.70. The van der Waals surface area contributed by atoms with Gasteiger partial charge in [0.2, 0.25) is 0 Å². The first-order chi connectivity index (χ1) is 8.39. The summed E-state index contributed by atoms with van der Waals surface area (Å²) in [6.45, 7) is 7.23. The van der Waals surface area contributed by atoms with Gasteiger partial charge in [0.15, 0.2) is 0 Å². The summed E-state index contributed by atoms with van der Waals surface area (Å²) >= 11 is 6.98. The monoisotopic (exact) mass is 415 g/mol. The largest absolute Gasteiger partial charge is 0.492 e. The number of nitrogens with one attached hydrogen (secondary N) is 1. The number of rotatable bonds is 6. The van der Waals surface area contributed by atoms with Crippen molar-refractivity contribution in [2.24, 2.45) is 0 Å². The van der Waals surface area contributed by atoms with E-state index in [1.54, 1.807) is 0 Å². The molecule has 0 aliphatic rings. The molecule has 1 rings (SSSR count). The van der Waals surface area contributed by atoms with Crippen molar-refractivity contribution in [3.63, 3.8) is 0 Å². The van der Waals surface area contributed by atoms with Gasteiger partial charge in [0.05, 0.1) is 17.7 Å². The number of aliphatic hydroxyl groups excluding tert-OH is 1. The van der Waals surface area contributed by atoms with Gasteiger partial charge in [-0.05, 0) is 48.8 Å². The molecule has 0 radical (unpaired) electrons. The Labute approximate surface area is 137 Å². The second kappa shape index (κ2) is 8.47. The molecule has 0 aliphatic carbocycles. The highest BCUT2D eigenvalue weighted by Gasteiger charge is 2.17. The van der Waals surface area contributed by atoms with E-state index in [1.807, 2.05) is 32.9 Å². The van der Waals surface area contributed by atoms with Crippen molar-refractivity contribution in [1.29, 1.82) is 0 Å².